The predicted octanol–water partition coefficient (Wildman–Crippen LogP) is 5.96. The molecule has 0 radical (unpaired) electrons. The van der Waals surface area contributed by atoms with Crippen LogP contribution in [0.2, 0.25) is 0 Å². The van der Waals surface area contributed by atoms with Crippen LogP contribution in [0, 0.1) is 0 Å². The maximum absolute atomic E-state index is 12.5. The number of H-pyrrole nitrogens is 1. The Morgan fingerprint density at radius 1 is 0.900 bits per heavy atom. The highest BCUT2D eigenvalue weighted by Crippen LogP contribution is 2.29. The largest absolute Gasteiger partial charge is 0.363 e. The molecule has 200 valence electrons. The topological polar surface area (TPSA) is 144 Å². The van der Waals surface area contributed by atoms with E-state index in [0.29, 0.717) is 11.4 Å². The Hall–Kier alpha value is -5.48. The summed E-state index contributed by atoms with van der Waals surface area (Å²) in [7, 11) is 0. The summed E-state index contributed by atoms with van der Waals surface area (Å²) in [5.74, 6) is 0.125. The van der Waals surface area contributed by atoms with Crippen LogP contribution in [-0.4, -0.2) is 32.1 Å². The third kappa shape index (κ3) is 6.32. The first kappa shape index (κ1) is 26.1. The van der Waals surface area contributed by atoms with Gasteiger partial charge in [0.15, 0.2) is 0 Å². The summed E-state index contributed by atoms with van der Waals surface area (Å²) >= 11 is 0. The van der Waals surface area contributed by atoms with Gasteiger partial charge in [-0.15, -0.1) is 0 Å². The van der Waals surface area contributed by atoms with Gasteiger partial charge in [0.1, 0.15) is 17.8 Å². The average Bonchev–Trinajstić information content (AvgIpc) is 3.43. The highest BCUT2D eigenvalue weighted by molar-refractivity contribution is 6.00. The summed E-state index contributed by atoms with van der Waals surface area (Å²) in [5.41, 5.74) is 7.19. The Morgan fingerprint density at radius 2 is 1.57 bits per heavy atom. The standard InChI is InChI=1S/C30H27N7O3/c1-19(21-5-3-2-4-6-21)33-28-25-17-26(36-29(25)32-18-31-28)22-10-14-24(15-11-22)35-30(39)34-23-12-7-20(8-13-23)9-16-27(38)37-40/h2-19,40H,1H3,(H,37,38)(H2,34,35,39)(H2,31,32,33,36)/b16-9+/t19-/m1/s1. The van der Waals surface area contributed by atoms with Crippen molar-refractivity contribution in [3.8, 4) is 11.3 Å². The first-order valence-corrected chi connectivity index (χ1v) is 12.5. The number of hydrogen-bond donors (Lipinski definition) is 6. The fourth-order valence-corrected chi connectivity index (χ4v) is 4.15. The molecule has 0 fully saturated rings. The molecule has 5 aromatic rings. The molecule has 2 heterocycles. The smallest absolute Gasteiger partial charge is 0.323 e. The molecule has 3 amide bonds. The van der Waals surface area contributed by atoms with Crippen molar-refractivity contribution in [3.05, 3.63) is 108 Å². The number of carbonyl (C=O) groups excluding carboxylic acids is 2. The van der Waals surface area contributed by atoms with Crippen LogP contribution < -0.4 is 21.4 Å². The van der Waals surface area contributed by atoms with Gasteiger partial charge in [0, 0.05) is 29.2 Å². The number of hydrogen-bond acceptors (Lipinski definition) is 6. The Kier molecular flexibility index (Phi) is 7.79. The van der Waals surface area contributed by atoms with Crippen LogP contribution in [0.3, 0.4) is 0 Å². The average molecular weight is 534 g/mol. The number of aromatic nitrogens is 3. The summed E-state index contributed by atoms with van der Waals surface area (Å²) in [6, 6.07) is 26.2. The molecule has 6 N–H and O–H groups in total. The Bertz CT molecular complexity index is 1650. The minimum Gasteiger partial charge on any atom is -0.363 e. The van der Waals surface area contributed by atoms with Gasteiger partial charge in [0.25, 0.3) is 5.91 Å². The van der Waals surface area contributed by atoms with Gasteiger partial charge >= 0.3 is 6.03 Å². The molecule has 3 aromatic carbocycles. The quantitative estimate of drug-likeness (QED) is 0.0825. The third-order valence-electron chi connectivity index (χ3n) is 6.24. The van der Waals surface area contributed by atoms with Crippen LogP contribution in [0.5, 0.6) is 0 Å². The fraction of sp³-hybridized carbons (Fsp3) is 0.0667. The van der Waals surface area contributed by atoms with Gasteiger partial charge in [-0.2, -0.15) is 0 Å². The molecule has 0 spiro atoms. The molecule has 10 heteroatoms. The van der Waals surface area contributed by atoms with E-state index in [0.717, 1.165) is 39.2 Å². The van der Waals surface area contributed by atoms with E-state index in [1.807, 2.05) is 48.5 Å². The predicted molar refractivity (Wildman–Crippen MR) is 156 cm³/mol. The van der Waals surface area contributed by atoms with Crippen LogP contribution in [-0.2, 0) is 4.79 Å². The van der Waals surface area contributed by atoms with Crippen molar-refractivity contribution < 1.29 is 14.8 Å². The Morgan fingerprint density at radius 3 is 2.25 bits per heavy atom. The zero-order valence-corrected chi connectivity index (χ0v) is 21.6. The van der Waals surface area contributed by atoms with Gasteiger partial charge < -0.3 is 20.9 Å². The molecule has 0 aliphatic heterocycles. The van der Waals surface area contributed by atoms with Gasteiger partial charge in [0.2, 0.25) is 0 Å². The van der Waals surface area contributed by atoms with Crippen LogP contribution in [0.25, 0.3) is 28.4 Å². The zero-order chi connectivity index (χ0) is 27.9. The molecular formula is C30H27N7O3. The van der Waals surface area contributed by atoms with E-state index >= 15 is 0 Å². The minimum atomic E-state index is -0.624. The van der Waals surface area contributed by atoms with Gasteiger partial charge in [-0.1, -0.05) is 54.6 Å². The normalized spacial score (nSPS) is 11.8. The van der Waals surface area contributed by atoms with Crippen molar-refractivity contribution in [1.82, 2.24) is 20.4 Å². The van der Waals surface area contributed by atoms with E-state index in [-0.39, 0.29) is 12.1 Å². The number of anilines is 3. The van der Waals surface area contributed by atoms with Crippen molar-refractivity contribution in [2.75, 3.05) is 16.0 Å². The molecule has 0 aliphatic carbocycles. The van der Waals surface area contributed by atoms with E-state index in [1.165, 1.54) is 17.9 Å². The number of urea groups is 1. The van der Waals surface area contributed by atoms with Crippen LogP contribution >= 0.6 is 0 Å². The minimum absolute atomic E-state index is 0.0732. The summed E-state index contributed by atoms with van der Waals surface area (Å²) < 4.78 is 0. The molecule has 0 saturated heterocycles. The molecule has 0 aliphatic rings. The molecular weight excluding hydrogens is 506 g/mol. The SMILES string of the molecule is C[C@@H](Nc1ncnc2[nH]c(-c3ccc(NC(=O)Nc4ccc(/C=C/C(=O)NO)cc4)cc3)cc12)c1ccccc1. The number of nitrogens with zero attached hydrogens (tertiary/aromatic N) is 2. The number of rotatable bonds is 8. The van der Waals surface area contributed by atoms with Crippen molar-refractivity contribution in [2.24, 2.45) is 0 Å². The summed E-state index contributed by atoms with van der Waals surface area (Å²) in [5, 5.41) is 18.5. The van der Waals surface area contributed by atoms with Crippen molar-refractivity contribution in [1.29, 1.82) is 0 Å². The van der Waals surface area contributed by atoms with Crippen molar-refractivity contribution >= 4 is 46.2 Å². The monoisotopic (exact) mass is 533 g/mol. The number of amides is 3. The fourth-order valence-electron chi connectivity index (χ4n) is 4.15. The second kappa shape index (κ2) is 11.9. The first-order valence-electron chi connectivity index (χ1n) is 12.5. The van der Waals surface area contributed by atoms with Gasteiger partial charge in [-0.25, -0.2) is 20.2 Å². The molecule has 40 heavy (non-hydrogen) atoms. The molecule has 1 atom stereocenters. The van der Waals surface area contributed by atoms with Crippen molar-refractivity contribution in [2.45, 2.75) is 13.0 Å². The number of fused-ring (bicyclic) bond motifs is 1. The van der Waals surface area contributed by atoms with Crippen LogP contribution in [0.15, 0.2) is 97.3 Å². The number of carbonyl (C=O) groups is 2. The van der Waals surface area contributed by atoms with E-state index in [2.05, 4.69) is 50.0 Å². The number of hydroxylamine groups is 1. The van der Waals surface area contributed by atoms with E-state index in [4.69, 9.17) is 5.21 Å². The molecule has 10 nitrogen and oxygen atoms in total. The number of aromatic amines is 1. The maximum atomic E-state index is 12.5. The molecule has 0 bridgehead atoms. The van der Waals surface area contributed by atoms with E-state index in [9.17, 15) is 9.59 Å². The van der Waals surface area contributed by atoms with Gasteiger partial charge in [-0.05, 0) is 60.0 Å². The van der Waals surface area contributed by atoms with Crippen LogP contribution in [0.1, 0.15) is 24.1 Å². The lowest BCUT2D eigenvalue weighted by Gasteiger charge is -2.15. The Labute approximate surface area is 230 Å². The first-order chi connectivity index (χ1) is 19.5. The molecule has 2 aromatic heterocycles. The highest BCUT2D eigenvalue weighted by atomic mass is 16.5. The second-order valence-electron chi connectivity index (χ2n) is 9.03. The lowest BCUT2D eigenvalue weighted by atomic mass is 10.1. The van der Waals surface area contributed by atoms with Crippen molar-refractivity contribution in [3.63, 3.8) is 0 Å². The van der Waals surface area contributed by atoms with Gasteiger partial charge in [-0.3, -0.25) is 10.0 Å². The second-order valence-corrected chi connectivity index (χ2v) is 9.03. The summed E-state index contributed by atoms with van der Waals surface area (Å²) in [6.45, 7) is 2.09. The van der Waals surface area contributed by atoms with Gasteiger partial charge in [0.05, 0.1) is 5.39 Å². The summed E-state index contributed by atoms with van der Waals surface area (Å²) in [4.78, 5) is 35.8. The van der Waals surface area contributed by atoms with E-state index < -0.39 is 5.91 Å². The number of nitrogens with one attached hydrogen (secondary N) is 5. The number of benzene rings is 3. The molecule has 0 saturated carbocycles. The Balaban J connectivity index is 1.23. The molecule has 0 unspecified atom stereocenters. The summed E-state index contributed by atoms with van der Waals surface area (Å²) in [6.07, 6.45) is 4.28. The maximum Gasteiger partial charge on any atom is 0.323 e. The third-order valence-corrected chi connectivity index (χ3v) is 6.24. The van der Waals surface area contributed by atoms with Crippen LogP contribution in [0.4, 0.5) is 22.0 Å². The lowest BCUT2D eigenvalue weighted by molar-refractivity contribution is -0.124. The zero-order valence-electron chi connectivity index (χ0n) is 21.6. The lowest BCUT2D eigenvalue weighted by Crippen LogP contribution is -2.19. The highest BCUT2D eigenvalue weighted by Gasteiger charge is 2.13. The van der Waals surface area contributed by atoms with E-state index in [1.54, 1.807) is 30.3 Å². The molecule has 5 rings (SSSR count).